The van der Waals surface area contributed by atoms with Crippen LogP contribution in [0.1, 0.15) is 19.3 Å². The molecule has 0 amide bonds. The molecule has 0 spiro atoms. The van der Waals surface area contributed by atoms with Crippen LogP contribution in [0, 0.1) is 0 Å². The summed E-state index contributed by atoms with van der Waals surface area (Å²) < 4.78 is 1.80. The Hall–Kier alpha value is -1.23. The molecule has 1 aromatic rings. The Kier molecular flexibility index (Phi) is 2.81. The fraction of sp³-hybridized carbons (Fsp3) is 0.700. The number of aromatic nitrogens is 2. The standard InChI is InChI=1S/C10H18N4O/c1-13-10(9(11)7-12-13)14-5-2-3-8(15)4-6-14/h7-8,15H,2-6,11H2,1H3/t8-/m1/s1. The van der Waals surface area contributed by atoms with Crippen molar-refractivity contribution in [2.75, 3.05) is 23.7 Å². The average Bonchev–Trinajstić information content (AvgIpc) is 2.41. The first-order valence-corrected chi connectivity index (χ1v) is 5.39. The van der Waals surface area contributed by atoms with Gasteiger partial charge in [0.25, 0.3) is 0 Å². The fourth-order valence-electron chi connectivity index (χ4n) is 2.13. The van der Waals surface area contributed by atoms with Crippen molar-refractivity contribution in [3.63, 3.8) is 0 Å². The van der Waals surface area contributed by atoms with E-state index in [9.17, 15) is 5.11 Å². The summed E-state index contributed by atoms with van der Waals surface area (Å²) >= 11 is 0. The number of anilines is 2. The molecule has 0 aromatic carbocycles. The zero-order valence-electron chi connectivity index (χ0n) is 9.06. The van der Waals surface area contributed by atoms with E-state index >= 15 is 0 Å². The number of nitrogens with zero attached hydrogens (tertiary/aromatic N) is 3. The number of aliphatic hydroxyl groups excluding tert-OH is 1. The van der Waals surface area contributed by atoms with E-state index in [4.69, 9.17) is 5.73 Å². The summed E-state index contributed by atoms with van der Waals surface area (Å²) in [6, 6.07) is 0. The molecule has 1 saturated heterocycles. The van der Waals surface area contributed by atoms with Crippen molar-refractivity contribution in [1.82, 2.24) is 9.78 Å². The van der Waals surface area contributed by atoms with Gasteiger partial charge in [0.15, 0.2) is 0 Å². The van der Waals surface area contributed by atoms with E-state index < -0.39 is 0 Å². The summed E-state index contributed by atoms with van der Waals surface area (Å²) in [5.41, 5.74) is 6.59. The third-order valence-corrected chi connectivity index (χ3v) is 2.93. The van der Waals surface area contributed by atoms with Crippen LogP contribution in [0.15, 0.2) is 6.20 Å². The number of nitrogen functional groups attached to an aromatic ring is 1. The minimum absolute atomic E-state index is 0.163. The Bertz CT molecular complexity index is 317. The predicted molar refractivity (Wildman–Crippen MR) is 59.7 cm³/mol. The van der Waals surface area contributed by atoms with Crippen molar-refractivity contribution in [1.29, 1.82) is 0 Å². The van der Waals surface area contributed by atoms with Gasteiger partial charge in [-0.25, -0.2) is 0 Å². The van der Waals surface area contributed by atoms with Gasteiger partial charge in [-0.15, -0.1) is 0 Å². The Balaban J connectivity index is 2.16. The molecule has 1 aliphatic heterocycles. The quantitative estimate of drug-likeness (QED) is 0.702. The van der Waals surface area contributed by atoms with E-state index in [2.05, 4.69) is 10.00 Å². The lowest BCUT2D eigenvalue weighted by Gasteiger charge is -2.22. The van der Waals surface area contributed by atoms with Gasteiger partial charge in [-0.05, 0) is 19.3 Å². The maximum Gasteiger partial charge on any atom is 0.150 e. The molecule has 0 bridgehead atoms. The van der Waals surface area contributed by atoms with Crippen LogP contribution in [0.25, 0.3) is 0 Å². The second kappa shape index (κ2) is 4.10. The first-order chi connectivity index (χ1) is 7.18. The maximum absolute atomic E-state index is 9.56. The van der Waals surface area contributed by atoms with Crippen LogP contribution in [-0.4, -0.2) is 34.1 Å². The van der Waals surface area contributed by atoms with Crippen LogP contribution in [0.2, 0.25) is 0 Å². The van der Waals surface area contributed by atoms with E-state index in [0.29, 0.717) is 5.69 Å². The Morgan fingerprint density at radius 3 is 2.93 bits per heavy atom. The summed E-state index contributed by atoms with van der Waals surface area (Å²) in [5, 5.41) is 13.7. The number of aryl methyl sites for hydroxylation is 1. The van der Waals surface area contributed by atoms with Crippen molar-refractivity contribution < 1.29 is 5.11 Å². The first kappa shape index (κ1) is 10.3. The minimum atomic E-state index is -0.163. The topological polar surface area (TPSA) is 67.3 Å². The van der Waals surface area contributed by atoms with Gasteiger partial charge < -0.3 is 15.7 Å². The predicted octanol–water partition coefficient (Wildman–Crippen LogP) is 0.353. The van der Waals surface area contributed by atoms with Gasteiger partial charge in [0.1, 0.15) is 5.82 Å². The van der Waals surface area contributed by atoms with E-state index in [0.717, 1.165) is 38.2 Å². The molecule has 2 heterocycles. The highest BCUT2D eigenvalue weighted by molar-refractivity contribution is 5.62. The summed E-state index contributed by atoms with van der Waals surface area (Å²) in [6.45, 7) is 1.80. The second-order valence-electron chi connectivity index (χ2n) is 4.12. The summed E-state index contributed by atoms with van der Waals surface area (Å²) in [5.74, 6) is 0.976. The fourth-order valence-corrected chi connectivity index (χ4v) is 2.13. The Morgan fingerprint density at radius 2 is 2.27 bits per heavy atom. The van der Waals surface area contributed by atoms with Gasteiger partial charge in [0, 0.05) is 20.1 Å². The average molecular weight is 210 g/mol. The van der Waals surface area contributed by atoms with Crippen molar-refractivity contribution in [3.05, 3.63) is 6.20 Å². The van der Waals surface area contributed by atoms with Crippen LogP contribution in [-0.2, 0) is 7.05 Å². The molecule has 0 aliphatic carbocycles. The molecule has 1 aromatic heterocycles. The molecule has 3 N–H and O–H groups in total. The lowest BCUT2D eigenvalue weighted by Crippen LogP contribution is -2.27. The molecule has 1 aliphatic rings. The van der Waals surface area contributed by atoms with Crippen LogP contribution in [0.4, 0.5) is 11.5 Å². The monoisotopic (exact) mass is 210 g/mol. The highest BCUT2D eigenvalue weighted by Crippen LogP contribution is 2.24. The molecule has 0 saturated carbocycles. The molecule has 1 fully saturated rings. The molecule has 1 atom stereocenters. The van der Waals surface area contributed by atoms with Crippen molar-refractivity contribution in [3.8, 4) is 0 Å². The number of hydrogen-bond acceptors (Lipinski definition) is 4. The molecular formula is C10H18N4O. The summed E-state index contributed by atoms with van der Waals surface area (Å²) in [6.07, 6.45) is 4.21. The number of hydrogen-bond donors (Lipinski definition) is 2. The second-order valence-corrected chi connectivity index (χ2v) is 4.12. The first-order valence-electron chi connectivity index (χ1n) is 5.39. The van der Waals surface area contributed by atoms with Crippen LogP contribution in [0.3, 0.4) is 0 Å². The Labute approximate surface area is 89.5 Å². The van der Waals surface area contributed by atoms with Gasteiger partial charge >= 0.3 is 0 Å². The molecule has 84 valence electrons. The lowest BCUT2D eigenvalue weighted by atomic mass is 10.2. The summed E-state index contributed by atoms with van der Waals surface area (Å²) in [7, 11) is 1.90. The van der Waals surface area contributed by atoms with Gasteiger partial charge in [-0.2, -0.15) is 5.10 Å². The zero-order valence-corrected chi connectivity index (χ0v) is 9.06. The van der Waals surface area contributed by atoms with Crippen molar-refractivity contribution in [2.24, 2.45) is 7.05 Å². The van der Waals surface area contributed by atoms with Gasteiger partial charge in [-0.3, -0.25) is 4.68 Å². The molecule has 5 nitrogen and oxygen atoms in total. The van der Waals surface area contributed by atoms with Crippen molar-refractivity contribution in [2.45, 2.75) is 25.4 Å². The number of rotatable bonds is 1. The minimum Gasteiger partial charge on any atom is -0.394 e. The third-order valence-electron chi connectivity index (χ3n) is 2.93. The highest BCUT2D eigenvalue weighted by atomic mass is 16.3. The highest BCUT2D eigenvalue weighted by Gasteiger charge is 2.19. The van der Waals surface area contributed by atoms with Crippen LogP contribution in [0.5, 0.6) is 0 Å². The van der Waals surface area contributed by atoms with Crippen LogP contribution < -0.4 is 10.6 Å². The smallest absolute Gasteiger partial charge is 0.150 e. The number of nitrogens with two attached hydrogens (primary N) is 1. The molecule has 15 heavy (non-hydrogen) atoms. The van der Waals surface area contributed by atoms with Gasteiger partial charge in [0.05, 0.1) is 18.0 Å². The van der Waals surface area contributed by atoms with E-state index in [1.807, 2.05) is 7.05 Å². The van der Waals surface area contributed by atoms with Gasteiger partial charge in [0.2, 0.25) is 0 Å². The van der Waals surface area contributed by atoms with Crippen molar-refractivity contribution >= 4 is 11.5 Å². The van der Waals surface area contributed by atoms with E-state index in [1.54, 1.807) is 10.9 Å². The Morgan fingerprint density at radius 1 is 1.47 bits per heavy atom. The molecule has 2 rings (SSSR count). The SMILES string of the molecule is Cn1ncc(N)c1N1CCC[C@@H](O)CC1. The molecular weight excluding hydrogens is 192 g/mol. The van der Waals surface area contributed by atoms with E-state index in [1.165, 1.54) is 0 Å². The third kappa shape index (κ3) is 2.07. The molecule has 0 unspecified atom stereocenters. The van der Waals surface area contributed by atoms with Crippen LogP contribution >= 0.6 is 0 Å². The lowest BCUT2D eigenvalue weighted by molar-refractivity contribution is 0.161. The zero-order chi connectivity index (χ0) is 10.8. The largest absolute Gasteiger partial charge is 0.394 e. The molecule has 0 radical (unpaired) electrons. The normalized spacial score (nSPS) is 22.8. The number of aliphatic hydroxyl groups is 1. The molecule has 5 heteroatoms. The van der Waals surface area contributed by atoms with Gasteiger partial charge in [-0.1, -0.05) is 0 Å². The van der Waals surface area contributed by atoms with E-state index in [-0.39, 0.29) is 6.10 Å². The maximum atomic E-state index is 9.56. The summed E-state index contributed by atoms with van der Waals surface area (Å²) in [4.78, 5) is 2.21.